The highest BCUT2D eigenvalue weighted by molar-refractivity contribution is 5.97. The van der Waals surface area contributed by atoms with Crippen molar-refractivity contribution in [2.75, 3.05) is 5.43 Å². The summed E-state index contributed by atoms with van der Waals surface area (Å²) < 4.78 is 5.36. The fourth-order valence-corrected chi connectivity index (χ4v) is 2.40. The van der Waals surface area contributed by atoms with Crippen LogP contribution in [0.15, 0.2) is 76.5 Å². The topological polar surface area (TPSA) is 71.3 Å². The van der Waals surface area contributed by atoms with E-state index in [0.29, 0.717) is 23.1 Å². The first-order chi connectivity index (χ1) is 11.7. The van der Waals surface area contributed by atoms with Gasteiger partial charge < -0.3 is 4.42 Å². The number of hydrogen-bond acceptors (Lipinski definition) is 4. The summed E-state index contributed by atoms with van der Waals surface area (Å²) >= 11 is 0. The summed E-state index contributed by atoms with van der Waals surface area (Å²) in [6, 6.07) is 16.2. The lowest BCUT2D eigenvalue weighted by molar-refractivity contribution is 0.0959. The Morgan fingerprint density at radius 3 is 2.67 bits per heavy atom. The Morgan fingerprint density at radius 1 is 1.12 bits per heavy atom. The lowest BCUT2D eigenvalue weighted by Gasteiger charge is -2.08. The van der Waals surface area contributed by atoms with E-state index in [0.717, 1.165) is 5.56 Å². The van der Waals surface area contributed by atoms with Crippen LogP contribution in [0, 0.1) is 0 Å². The third kappa shape index (κ3) is 3.20. The number of carbonyl (C=O) groups excluding carboxylic acids is 1. The number of amides is 1. The molecule has 1 heterocycles. The van der Waals surface area contributed by atoms with Gasteiger partial charge in [0, 0.05) is 5.39 Å². The summed E-state index contributed by atoms with van der Waals surface area (Å²) in [6.07, 6.45) is 2.32. The van der Waals surface area contributed by atoms with Gasteiger partial charge in [0.05, 0.1) is 5.69 Å². The zero-order valence-corrected chi connectivity index (χ0v) is 12.9. The maximum Gasteiger partial charge on any atom is 0.349 e. The van der Waals surface area contributed by atoms with Gasteiger partial charge in [-0.05, 0) is 30.2 Å². The number of benzene rings is 2. The molecule has 5 nitrogen and oxygen atoms in total. The SMILES string of the molecule is C=CCc1cccc2cc(C(=O)NNc3ccccc3)c(=O)oc12. The predicted octanol–water partition coefficient (Wildman–Crippen LogP) is 3.28. The van der Waals surface area contributed by atoms with Crippen molar-refractivity contribution in [3.63, 3.8) is 0 Å². The lowest BCUT2D eigenvalue weighted by Crippen LogP contribution is -2.32. The van der Waals surface area contributed by atoms with Gasteiger partial charge in [-0.2, -0.15) is 0 Å². The minimum absolute atomic E-state index is 0.0540. The van der Waals surface area contributed by atoms with E-state index in [1.807, 2.05) is 30.3 Å². The van der Waals surface area contributed by atoms with E-state index in [2.05, 4.69) is 17.4 Å². The van der Waals surface area contributed by atoms with Crippen molar-refractivity contribution in [1.29, 1.82) is 0 Å². The molecule has 0 aliphatic heterocycles. The summed E-state index contributed by atoms with van der Waals surface area (Å²) in [7, 11) is 0. The summed E-state index contributed by atoms with van der Waals surface area (Å²) in [4.78, 5) is 24.4. The molecule has 0 fully saturated rings. The number of fused-ring (bicyclic) bond motifs is 1. The normalized spacial score (nSPS) is 10.3. The van der Waals surface area contributed by atoms with Crippen molar-refractivity contribution in [2.24, 2.45) is 0 Å². The van der Waals surface area contributed by atoms with Crippen molar-refractivity contribution in [2.45, 2.75) is 6.42 Å². The molecule has 2 aromatic carbocycles. The van der Waals surface area contributed by atoms with Gasteiger partial charge in [0.15, 0.2) is 0 Å². The fraction of sp³-hybridized carbons (Fsp3) is 0.0526. The van der Waals surface area contributed by atoms with Gasteiger partial charge in [0.25, 0.3) is 5.91 Å². The molecule has 0 spiro atoms. The number of allylic oxidation sites excluding steroid dienone is 1. The Labute approximate surface area is 138 Å². The van der Waals surface area contributed by atoms with Crippen LogP contribution in [-0.2, 0) is 6.42 Å². The summed E-state index contributed by atoms with van der Waals surface area (Å²) in [5.74, 6) is -0.552. The summed E-state index contributed by atoms with van der Waals surface area (Å²) in [6.45, 7) is 3.69. The van der Waals surface area contributed by atoms with Crippen LogP contribution in [0.5, 0.6) is 0 Å². The Balaban J connectivity index is 1.89. The molecule has 5 heteroatoms. The van der Waals surface area contributed by atoms with Crippen LogP contribution < -0.4 is 16.5 Å². The van der Waals surface area contributed by atoms with Crippen molar-refractivity contribution in [3.05, 3.63) is 88.8 Å². The average Bonchev–Trinajstić information content (AvgIpc) is 2.61. The molecule has 1 aromatic heterocycles. The zero-order valence-electron chi connectivity index (χ0n) is 12.9. The molecular weight excluding hydrogens is 304 g/mol. The molecule has 0 atom stereocenters. The Hall–Kier alpha value is -3.34. The fourth-order valence-electron chi connectivity index (χ4n) is 2.40. The largest absolute Gasteiger partial charge is 0.422 e. The van der Waals surface area contributed by atoms with E-state index in [9.17, 15) is 9.59 Å². The smallest absolute Gasteiger partial charge is 0.349 e. The number of para-hydroxylation sites is 2. The molecule has 3 rings (SSSR count). The monoisotopic (exact) mass is 320 g/mol. The molecule has 0 aliphatic rings. The van der Waals surface area contributed by atoms with Gasteiger partial charge in [0.2, 0.25) is 0 Å². The summed E-state index contributed by atoms with van der Waals surface area (Å²) in [5, 5.41) is 0.693. The van der Waals surface area contributed by atoms with E-state index >= 15 is 0 Å². The van der Waals surface area contributed by atoms with Crippen LogP contribution in [0.4, 0.5) is 5.69 Å². The van der Waals surface area contributed by atoms with Gasteiger partial charge in [-0.1, -0.05) is 42.5 Å². The molecule has 24 heavy (non-hydrogen) atoms. The minimum atomic E-state index is -0.675. The van der Waals surface area contributed by atoms with Gasteiger partial charge in [-0.25, -0.2) is 4.79 Å². The molecule has 0 saturated carbocycles. The lowest BCUT2D eigenvalue weighted by atomic mass is 10.1. The number of nitrogens with one attached hydrogen (secondary N) is 2. The van der Waals surface area contributed by atoms with Crippen LogP contribution in [0.25, 0.3) is 11.0 Å². The molecule has 0 radical (unpaired) electrons. The highest BCUT2D eigenvalue weighted by atomic mass is 16.4. The highest BCUT2D eigenvalue weighted by Crippen LogP contribution is 2.19. The first-order valence-electron chi connectivity index (χ1n) is 7.47. The van der Waals surface area contributed by atoms with E-state index in [4.69, 9.17) is 4.42 Å². The maximum absolute atomic E-state index is 12.2. The molecular formula is C19H16N2O3. The predicted molar refractivity (Wildman–Crippen MR) is 93.9 cm³/mol. The number of hydrazine groups is 1. The molecule has 3 aromatic rings. The first kappa shape index (κ1) is 15.6. The summed E-state index contributed by atoms with van der Waals surface area (Å²) in [5.41, 5.74) is 6.57. The van der Waals surface area contributed by atoms with Crippen LogP contribution >= 0.6 is 0 Å². The second-order valence-electron chi connectivity index (χ2n) is 5.22. The molecule has 0 aliphatic carbocycles. The van der Waals surface area contributed by atoms with Crippen LogP contribution in [0.2, 0.25) is 0 Å². The highest BCUT2D eigenvalue weighted by Gasteiger charge is 2.14. The maximum atomic E-state index is 12.2. The third-order valence-electron chi connectivity index (χ3n) is 3.54. The van der Waals surface area contributed by atoms with Crippen LogP contribution in [0.3, 0.4) is 0 Å². The molecule has 0 bridgehead atoms. The van der Waals surface area contributed by atoms with E-state index in [-0.39, 0.29) is 5.56 Å². The van der Waals surface area contributed by atoms with Gasteiger partial charge in [-0.15, -0.1) is 6.58 Å². The molecule has 0 unspecified atom stereocenters. The van der Waals surface area contributed by atoms with E-state index < -0.39 is 11.5 Å². The number of carbonyl (C=O) groups is 1. The first-order valence-corrected chi connectivity index (χ1v) is 7.47. The van der Waals surface area contributed by atoms with Gasteiger partial charge in [0.1, 0.15) is 11.1 Å². The average molecular weight is 320 g/mol. The van der Waals surface area contributed by atoms with Gasteiger partial charge >= 0.3 is 5.63 Å². The van der Waals surface area contributed by atoms with E-state index in [1.54, 1.807) is 24.3 Å². The van der Waals surface area contributed by atoms with Crippen molar-refractivity contribution in [3.8, 4) is 0 Å². The van der Waals surface area contributed by atoms with Crippen molar-refractivity contribution < 1.29 is 9.21 Å². The van der Waals surface area contributed by atoms with Crippen molar-refractivity contribution in [1.82, 2.24) is 5.43 Å². The second kappa shape index (κ2) is 6.83. The van der Waals surface area contributed by atoms with Crippen LogP contribution in [-0.4, -0.2) is 5.91 Å². The molecule has 120 valence electrons. The van der Waals surface area contributed by atoms with Crippen molar-refractivity contribution >= 4 is 22.6 Å². The molecule has 2 N–H and O–H groups in total. The molecule has 0 saturated heterocycles. The standard InChI is InChI=1S/C19H16N2O3/c1-2-7-13-8-6-9-14-12-16(19(23)24-17(13)14)18(22)21-20-15-10-4-3-5-11-15/h2-6,8-12,20H,1,7H2,(H,21,22). The second-order valence-corrected chi connectivity index (χ2v) is 5.22. The van der Waals surface area contributed by atoms with Gasteiger partial charge in [-0.3, -0.25) is 15.6 Å². The molecule has 1 amide bonds. The Kier molecular flexibility index (Phi) is 4.43. The Morgan fingerprint density at radius 2 is 1.92 bits per heavy atom. The quantitative estimate of drug-likeness (QED) is 0.430. The number of hydrogen-bond donors (Lipinski definition) is 2. The third-order valence-corrected chi connectivity index (χ3v) is 3.54. The number of rotatable bonds is 5. The zero-order chi connectivity index (χ0) is 16.9. The minimum Gasteiger partial charge on any atom is -0.422 e. The number of anilines is 1. The van der Waals surface area contributed by atoms with E-state index in [1.165, 1.54) is 6.07 Å². The Bertz CT molecular complexity index is 946. The van der Waals surface area contributed by atoms with Crippen LogP contribution in [0.1, 0.15) is 15.9 Å².